The van der Waals surface area contributed by atoms with Gasteiger partial charge in [-0.05, 0) is 295 Å². The molecule has 0 fully saturated rings. The van der Waals surface area contributed by atoms with E-state index in [1.165, 1.54) is 79.7 Å². The molecule has 4 atom stereocenters. The topological polar surface area (TPSA) is 206 Å². The van der Waals surface area contributed by atoms with Gasteiger partial charge in [-0.3, -0.25) is 27.8 Å². The van der Waals surface area contributed by atoms with Gasteiger partial charge in [-0.25, -0.2) is 16.8 Å². The van der Waals surface area contributed by atoms with E-state index in [1.54, 1.807) is 13.8 Å². The average molecular weight is 1840 g/mol. The van der Waals surface area contributed by atoms with Crippen LogP contribution in [0.2, 0.25) is 10.0 Å². The third-order valence-electron chi connectivity index (χ3n) is 25.1. The van der Waals surface area contributed by atoms with Gasteiger partial charge in [0.2, 0.25) is 20.0 Å². The third-order valence-corrected chi connectivity index (χ3v) is 27.9. The van der Waals surface area contributed by atoms with Crippen LogP contribution in [0.25, 0.3) is 88.1 Å². The van der Waals surface area contributed by atoms with Crippen LogP contribution >= 0.6 is 23.2 Å². The highest BCUT2D eigenvalue weighted by atomic mass is 35.5. The second-order valence-electron chi connectivity index (χ2n) is 40.0. The molecule has 0 saturated carbocycles. The molecule has 20 nitrogen and oxygen atoms in total. The molecule has 0 saturated heterocycles. The number of rotatable bonds is 18. The fourth-order valence-electron chi connectivity index (χ4n) is 19.8. The lowest BCUT2D eigenvalue weighted by Crippen LogP contribution is -2.37. The summed E-state index contributed by atoms with van der Waals surface area (Å²) in [7, 11) is -2.77. The highest BCUT2D eigenvalue weighted by molar-refractivity contribution is 7.92. The molecule has 0 aliphatic carbocycles. The monoisotopic (exact) mass is 1840 g/mol. The first-order valence-corrected chi connectivity index (χ1v) is 49.3. The summed E-state index contributed by atoms with van der Waals surface area (Å²) in [5.74, 6) is -0.213. The summed E-state index contributed by atoms with van der Waals surface area (Å²) >= 11 is 12.4. The number of hydrogen-bond acceptors (Lipinski definition) is 14. The zero-order chi connectivity index (χ0) is 95.6. The SMILES string of the molecule is CC(=O)[C@@H](OC(C)(C)C)c1c(C)c2c3c(cc(C)n3CCN2C)c1-c1ccc(C)cc1.CC(=O)[C@@H](OC(C)(C)C)c1c(C)c2c3c(cc(C)n3CCN2C)c1-c1ccc(Cl)cc1.CC(=O)[C@@H](OC(C)(C)C)c1c(C)c2c3c(cc(C)n3CCN2S(C)(=O)=O)c1-c1ccc(C)cc1.CC(=O)[C@@H](OC(C)(C)C)c1c(C)c2c3c(cc(C)n3CCN2S(C)(=O)=O)c1-c1ccc(Cl)cc1. The lowest BCUT2D eigenvalue weighted by atomic mass is 9.86. The van der Waals surface area contributed by atoms with E-state index in [-0.39, 0.29) is 23.1 Å². The molecular weight excluding hydrogens is 1710 g/mol. The minimum Gasteiger partial charge on any atom is -0.371 e. The first-order chi connectivity index (χ1) is 60.4. The Morgan fingerprint density at radius 2 is 0.515 bits per heavy atom. The van der Waals surface area contributed by atoms with Crippen molar-refractivity contribution >= 4 is 133 Å². The maximum absolute atomic E-state index is 13.1. The Hall–Kier alpha value is -9.88. The molecule has 692 valence electrons. The Balaban J connectivity index is 0.000000148. The van der Waals surface area contributed by atoms with Crippen molar-refractivity contribution in [2.24, 2.45) is 0 Å². The van der Waals surface area contributed by atoms with Crippen molar-refractivity contribution in [3.05, 3.63) is 210 Å². The summed E-state index contributed by atoms with van der Waals surface area (Å²) in [6, 6.07) is 41.0. The lowest BCUT2D eigenvalue weighted by Gasteiger charge is -2.35. The summed E-state index contributed by atoms with van der Waals surface area (Å²) in [6.45, 7) is 56.1. The van der Waals surface area contributed by atoms with Crippen LogP contribution in [0.15, 0.2) is 121 Å². The summed E-state index contributed by atoms with van der Waals surface area (Å²) in [6.07, 6.45) is -0.487. The fraction of sp³-hybridized carbons (Fsp3) is 0.434. The van der Waals surface area contributed by atoms with Gasteiger partial charge in [0, 0.05) is 130 Å². The van der Waals surface area contributed by atoms with Crippen molar-refractivity contribution in [3.63, 3.8) is 0 Å². The first-order valence-electron chi connectivity index (χ1n) is 44.8. The van der Waals surface area contributed by atoms with Gasteiger partial charge < -0.3 is 47.0 Å². The Labute approximate surface area is 779 Å². The predicted molar refractivity (Wildman–Crippen MR) is 535 cm³/mol. The number of carbonyl (C=O) groups excluding carboxylic acids is 4. The van der Waals surface area contributed by atoms with Gasteiger partial charge in [-0.15, -0.1) is 0 Å². The van der Waals surface area contributed by atoms with Crippen LogP contribution in [0.3, 0.4) is 0 Å². The van der Waals surface area contributed by atoms with Crippen molar-refractivity contribution in [1.29, 1.82) is 0 Å². The number of likely N-dealkylation sites (N-methyl/N-ethyl adjacent to an activating group) is 2. The Morgan fingerprint density at radius 1 is 0.315 bits per heavy atom. The van der Waals surface area contributed by atoms with Crippen LogP contribution in [-0.4, -0.2) is 133 Å². The molecule has 8 heterocycles. The molecule has 0 radical (unpaired) electrons. The molecule has 0 spiro atoms. The number of ether oxygens (including phenoxy) is 4. The van der Waals surface area contributed by atoms with E-state index >= 15 is 0 Å². The second kappa shape index (κ2) is 36.3. The van der Waals surface area contributed by atoms with E-state index < -0.39 is 66.9 Å². The molecule has 16 rings (SSSR count). The Morgan fingerprint density at radius 3 is 0.723 bits per heavy atom. The van der Waals surface area contributed by atoms with E-state index in [2.05, 4.69) is 150 Å². The van der Waals surface area contributed by atoms with Crippen LogP contribution in [0.4, 0.5) is 22.7 Å². The number of ketones is 4. The van der Waals surface area contributed by atoms with Gasteiger partial charge >= 0.3 is 0 Å². The zero-order valence-electron chi connectivity index (χ0n) is 81.6. The zero-order valence-corrected chi connectivity index (χ0v) is 84.7. The summed E-state index contributed by atoms with van der Waals surface area (Å²) in [5.41, 5.74) is 27.9. The maximum Gasteiger partial charge on any atom is 0.232 e. The minimum atomic E-state index is -3.53. The van der Waals surface area contributed by atoms with E-state index in [0.29, 0.717) is 53.2 Å². The van der Waals surface area contributed by atoms with Crippen LogP contribution in [0, 0.1) is 69.2 Å². The van der Waals surface area contributed by atoms with E-state index in [1.807, 2.05) is 166 Å². The predicted octanol–water partition coefficient (Wildman–Crippen LogP) is 23.9. The molecule has 130 heavy (non-hydrogen) atoms. The molecule has 0 N–H and O–H groups in total. The number of halogens is 2. The van der Waals surface area contributed by atoms with Crippen molar-refractivity contribution in [2.45, 2.75) is 253 Å². The lowest BCUT2D eigenvalue weighted by molar-refractivity contribution is -0.139. The van der Waals surface area contributed by atoms with Crippen LogP contribution < -0.4 is 18.4 Å². The number of benzene rings is 8. The molecule has 0 amide bonds. The third kappa shape index (κ3) is 19.2. The average Bonchev–Trinajstić information content (AvgIpc) is 1.57. The summed E-state index contributed by atoms with van der Waals surface area (Å²) < 4.78 is 89.0. The van der Waals surface area contributed by atoms with Gasteiger partial charge in [0.1, 0.15) is 24.4 Å². The molecular formula is C106H130Cl2N8O12S2. The first kappa shape index (κ1) is 97.6. The Kier molecular flexibility index (Phi) is 27.2. The number of hydrogen-bond donors (Lipinski definition) is 0. The van der Waals surface area contributed by atoms with Gasteiger partial charge in [-0.2, -0.15) is 0 Å². The van der Waals surface area contributed by atoms with Gasteiger partial charge in [0.05, 0.1) is 92.8 Å². The largest absolute Gasteiger partial charge is 0.371 e. The highest BCUT2D eigenvalue weighted by Crippen LogP contribution is 2.54. The molecule has 4 aromatic heterocycles. The van der Waals surface area contributed by atoms with Crippen molar-refractivity contribution in [2.75, 3.05) is 71.2 Å². The normalized spacial score (nSPS) is 15.0. The van der Waals surface area contributed by atoms with Crippen molar-refractivity contribution in [3.8, 4) is 44.5 Å². The van der Waals surface area contributed by atoms with Crippen LogP contribution in [0.5, 0.6) is 0 Å². The van der Waals surface area contributed by atoms with Crippen molar-refractivity contribution < 1.29 is 55.0 Å². The molecule has 4 aliphatic rings. The van der Waals surface area contributed by atoms with Gasteiger partial charge in [-0.1, -0.05) is 107 Å². The van der Waals surface area contributed by atoms with Crippen LogP contribution in [-0.2, 0) is 84.4 Å². The second-order valence-corrected chi connectivity index (χ2v) is 44.7. The highest BCUT2D eigenvalue weighted by Gasteiger charge is 2.42. The quantitative estimate of drug-likeness (QED) is 0.0784. The number of anilines is 4. The fourth-order valence-corrected chi connectivity index (χ4v) is 21.9. The minimum absolute atomic E-state index is 0.00871. The molecule has 24 heteroatoms. The van der Waals surface area contributed by atoms with Gasteiger partial charge in [0.25, 0.3) is 0 Å². The summed E-state index contributed by atoms with van der Waals surface area (Å²) in [4.78, 5) is 56.6. The summed E-state index contributed by atoms with van der Waals surface area (Å²) in [5, 5.41) is 5.50. The number of nitrogens with zero attached hydrogens (tertiary/aromatic N) is 8. The molecule has 8 aromatic carbocycles. The van der Waals surface area contributed by atoms with E-state index in [9.17, 15) is 36.0 Å². The maximum atomic E-state index is 13.1. The Bertz CT molecular complexity index is 6340. The number of aryl methyl sites for hydroxylation is 6. The number of Topliss-reactive ketones (excluding diaryl/α,β-unsaturated/α-hetero) is 4. The smallest absolute Gasteiger partial charge is 0.232 e. The number of sulfonamides is 2. The standard InChI is InChI=1S/C27H34N2O4S.C27H34N2O2.C26H31ClN2O4S.C26H31ClN2O2/c1-16-9-11-20(12-10-16)23-21-15-17(2)28-13-14-29(34(8,31)32)24(25(21)28)18(3)22(23)26(19(4)30)33-27(5,6)7;1-16-9-11-20(12-10-16)23-21-15-17(2)29-14-13-28(8)24(25(21)29)18(3)22(23)26(19(4)30)31-27(5,6)7;1-15-14-20-22(18-8-10-19(27)11-9-18)21(25(17(3)30)33-26(4,5)6)16(2)23-24(20)28(15)12-13-29(23)34(7,31)32;1-15-14-20-22(18-8-10-19(27)11-9-18)21(25(17(3)30)31-26(4,5)6)16(2)23-24(20)29(15)13-12-28(23)7/h9-12,15,26H,13-14H2,1-8H3;9-12,15,26H,13-14H2,1-8H3;8-11,14,25H,12-13H2,1-7H3;8-11,14,25H,12-13H2,1-7H3/t2*26-;2*25-/m1111/s1. The van der Waals surface area contributed by atoms with Gasteiger partial charge in [0.15, 0.2) is 23.1 Å². The number of carbonyl (C=O) groups is 4. The molecule has 12 aromatic rings. The molecule has 0 unspecified atom stereocenters. The van der Waals surface area contributed by atoms with Crippen molar-refractivity contribution in [1.82, 2.24) is 18.3 Å². The van der Waals surface area contributed by atoms with Crippen LogP contribution in [0.1, 0.15) is 214 Å². The molecule has 0 bridgehead atoms. The van der Waals surface area contributed by atoms with E-state index in [0.717, 1.165) is 154 Å². The van der Waals surface area contributed by atoms with E-state index in [4.69, 9.17) is 42.1 Å². The molecule has 4 aliphatic heterocycles. The number of aromatic nitrogens is 4.